The lowest BCUT2D eigenvalue weighted by molar-refractivity contribution is 0.0843. The van der Waals surface area contributed by atoms with Crippen molar-refractivity contribution in [1.29, 1.82) is 0 Å². The van der Waals surface area contributed by atoms with Crippen LogP contribution in [-0.4, -0.2) is 29.5 Å². The van der Waals surface area contributed by atoms with E-state index < -0.39 is 0 Å². The molecule has 4 nitrogen and oxygen atoms in total. The van der Waals surface area contributed by atoms with E-state index in [0.717, 1.165) is 39.0 Å². The smallest absolute Gasteiger partial charge is 0.125 e. The van der Waals surface area contributed by atoms with Crippen LogP contribution in [0.2, 0.25) is 0 Å². The highest BCUT2D eigenvalue weighted by Gasteiger charge is 2.26. The Morgan fingerprint density at radius 2 is 2.20 bits per heavy atom. The SMILES string of the molecule is c1csc(C2CCNc3cc(C4CCOCC4)nn32)c1. The first-order chi connectivity index (χ1) is 9.92. The van der Waals surface area contributed by atoms with Crippen LogP contribution in [0.1, 0.15) is 41.8 Å². The molecule has 106 valence electrons. The summed E-state index contributed by atoms with van der Waals surface area (Å²) in [6, 6.07) is 7.00. The number of fused-ring (bicyclic) bond motifs is 1. The maximum Gasteiger partial charge on any atom is 0.125 e. The van der Waals surface area contributed by atoms with Gasteiger partial charge in [-0.15, -0.1) is 11.3 Å². The molecule has 5 heteroatoms. The van der Waals surface area contributed by atoms with Gasteiger partial charge in [0.1, 0.15) is 5.82 Å². The summed E-state index contributed by atoms with van der Waals surface area (Å²) in [7, 11) is 0. The first-order valence-electron chi connectivity index (χ1n) is 7.36. The van der Waals surface area contributed by atoms with E-state index in [1.54, 1.807) is 0 Å². The van der Waals surface area contributed by atoms with Gasteiger partial charge in [0.25, 0.3) is 0 Å². The van der Waals surface area contributed by atoms with E-state index in [1.165, 1.54) is 16.4 Å². The van der Waals surface area contributed by atoms with Crippen molar-refractivity contribution >= 4 is 17.2 Å². The van der Waals surface area contributed by atoms with Gasteiger partial charge in [-0.2, -0.15) is 5.10 Å². The third kappa shape index (κ3) is 2.15. The summed E-state index contributed by atoms with van der Waals surface area (Å²) in [5.74, 6) is 1.74. The van der Waals surface area contributed by atoms with Gasteiger partial charge in [0.05, 0.1) is 11.7 Å². The molecule has 20 heavy (non-hydrogen) atoms. The molecule has 1 unspecified atom stereocenters. The van der Waals surface area contributed by atoms with Crippen molar-refractivity contribution in [2.24, 2.45) is 0 Å². The van der Waals surface area contributed by atoms with E-state index in [4.69, 9.17) is 9.84 Å². The Hall–Kier alpha value is -1.33. The Labute approximate surface area is 122 Å². The maximum atomic E-state index is 5.45. The van der Waals surface area contributed by atoms with Gasteiger partial charge in [-0.3, -0.25) is 0 Å². The topological polar surface area (TPSA) is 39.1 Å². The predicted octanol–water partition coefficient (Wildman–Crippen LogP) is 3.24. The van der Waals surface area contributed by atoms with Crippen LogP contribution >= 0.6 is 11.3 Å². The van der Waals surface area contributed by atoms with Gasteiger partial charge >= 0.3 is 0 Å². The van der Waals surface area contributed by atoms with Crippen LogP contribution < -0.4 is 5.32 Å². The van der Waals surface area contributed by atoms with Gasteiger partial charge in [0, 0.05) is 36.6 Å². The van der Waals surface area contributed by atoms with Gasteiger partial charge in [0.15, 0.2) is 0 Å². The summed E-state index contributed by atoms with van der Waals surface area (Å²) < 4.78 is 7.65. The van der Waals surface area contributed by atoms with Crippen LogP contribution in [0.4, 0.5) is 5.82 Å². The molecule has 0 bridgehead atoms. The fourth-order valence-corrected chi connectivity index (χ4v) is 4.02. The summed E-state index contributed by atoms with van der Waals surface area (Å²) in [6.07, 6.45) is 3.31. The highest BCUT2D eigenvalue weighted by atomic mass is 32.1. The van der Waals surface area contributed by atoms with Crippen LogP contribution in [0.15, 0.2) is 23.6 Å². The standard InChI is InChI=1S/C15H19N3OS/c1-2-14(20-9-1)13-3-6-16-15-10-12(17-18(13)15)11-4-7-19-8-5-11/h1-2,9-11,13,16H,3-8H2. The largest absolute Gasteiger partial charge is 0.381 e. The van der Waals surface area contributed by atoms with Gasteiger partial charge in [-0.25, -0.2) is 4.68 Å². The number of nitrogens with zero attached hydrogens (tertiary/aromatic N) is 2. The highest BCUT2D eigenvalue weighted by Crippen LogP contribution is 2.35. The molecule has 1 fully saturated rings. The molecule has 0 radical (unpaired) electrons. The second-order valence-electron chi connectivity index (χ2n) is 5.53. The molecular formula is C15H19N3OS. The van der Waals surface area contributed by atoms with Crippen molar-refractivity contribution in [1.82, 2.24) is 9.78 Å². The Bertz CT molecular complexity index is 572. The lowest BCUT2D eigenvalue weighted by atomic mass is 9.97. The molecule has 1 atom stereocenters. The first-order valence-corrected chi connectivity index (χ1v) is 8.24. The number of aromatic nitrogens is 2. The third-order valence-electron chi connectivity index (χ3n) is 4.28. The molecule has 0 aromatic carbocycles. The Kier molecular flexibility index (Phi) is 3.24. The quantitative estimate of drug-likeness (QED) is 0.922. The maximum absolute atomic E-state index is 5.45. The first kappa shape index (κ1) is 12.4. The highest BCUT2D eigenvalue weighted by molar-refractivity contribution is 7.10. The fourth-order valence-electron chi connectivity index (χ4n) is 3.18. The minimum Gasteiger partial charge on any atom is -0.381 e. The van der Waals surface area contributed by atoms with Crippen molar-refractivity contribution < 1.29 is 4.74 Å². The number of anilines is 1. The molecule has 0 spiro atoms. The minimum atomic E-state index is 0.403. The molecule has 0 amide bonds. The number of hydrogen-bond donors (Lipinski definition) is 1. The van der Waals surface area contributed by atoms with Crippen LogP contribution in [0.5, 0.6) is 0 Å². The second-order valence-corrected chi connectivity index (χ2v) is 6.51. The van der Waals surface area contributed by atoms with E-state index in [-0.39, 0.29) is 0 Å². The molecule has 2 aromatic rings. The summed E-state index contributed by atoms with van der Waals surface area (Å²) in [4.78, 5) is 1.41. The molecule has 4 heterocycles. The Morgan fingerprint density at radius 1 is 1.30 bits per heavy atom. The van der Waals surface area contributed by atoms with Gasteiger partial charge in [-0.05, 0) is 30.7 Å². The lowest BCUT2D eigenvalue weighted by Crippen LogP contribution is -2.23. The van der Waals surface area contributed by atoms with E-state index in [0.29, 0.717) is 12.0 Å². The molecule has 2 aliphatic rings. The molecular weight excluding hydrogens is 270 g/mol. The normalized spacial score (nSPS) is 23.3. The van der Waals surface area contributed by atoms with Crippen molar-refractivity contribution in [3.63, 3.8) is 0 Å². The average molecular weight is 289 g/mol. The average Bonchev–Trinajstić information content (AvgIpc) is 3.17. The fraction of sp³-hybridized carbons (Fsp3) is 0.533. The second kappa shape index (κ2) is 5.22. The molecule has 0 aliphatic carbocycles. The van der Waals surface area contributed by atoms with Crippen molar-refractivity contribution in [2.75, 3.05) is 25.1 Å². The number of rotatable bonds is 2. The van der Waals surface area contributed by atoms with Crippen LogP contribution in [0, 0.1) is 0 Å². The van der Waals surface area contributed by atoms with E-state index >= 15 is 0 Å². The van der Waals surface area contributed by atoms with Crippen LogP contribution in [0.25, 0.3) is 0 Å². The third-order valence-corrected chi connectivity index (χ3v) is 5.26. The molecule has 1 N–H and O–H groups in total. The summed E-state index contributed by atoms with van der Waals surface area (Å²) in [5.41, 5.74) is 1.24. The van der Waals surface area contributed by atoms with Crippen LogP contribution in [0.3, 0.4) is 0 Å². The van der Waals surface area contributed by atoms with Crippen molar-refractivity contribution in [3.8, 4) is 0 Å². The van der Waals surface area contributed by atoms with Crippen molar-refractivity contribution in [2.45, 2.75) is 31.2 Å². The Balaban J connectivity index is 1.66. The monoisotopic (exact) mass is 289 g/mol. The number of nitrogens with one attached hydrogen (secondary N) is 1. The summed E-state index contributed by atoms with van der Waals surface area (Å²) in [5, 5.41) is 10.6. The molecule has 0 saturated carbocycles. The van der Waals surface area contributed by atoms with Crippen molar-refractivity contribution in [3.05, 3.63) is 34.2 Å². The summed E-state index contributed by atoms with van der Waals surface area (Å²) in [6.45, 7) is 2.77. The molecule has 2 aromatic heterocycles. The van der Waals surface area contributed by atoms with E-state index in [9.17, 15) is 0 Å². The molecule has 1 saturated heterocycles. The predicted molar refractivity (Wildman–Crippen MR) is 80.6 cm³/mol. The summed E-state index contributed by atoms with van der Waals surface area (Å²) >= 11 is 1.83. The molecule has 2 aliphatic heterocycles. The van der Waals surface area contributed by atoms with Gasteiger partial charge in [-0.1, -0.05) is 6.07 Å². The lowest BCUT2D eigenvalue weighted by Gasteiger charge is -2.24. The zero-order valence-electron chi connectivity index (χ0n) is 11.4. The van der Waals surface area contributed by atoms with Crippen LogP contribution in [-0.2, 0) is 4.74 Å². The van der Waals surface area contributed by atoms with E-state index in [2.05, 4.69) is 33.6 Å². The molecule has 4 rings (SSSR count). The number of ether oxygens (including phenoxy) is 1. The zero-order valence-corrected chi connectivity index (χ0v) is 12.2. The Morgan fingerprint density at radius 3 is 3.00 bits per heavy atom. The number of thiophene rings is 1. The number of hydrogen-bond acceptors (Lipinski definition) is 4. The minimum absolute atomic E-state index is 0.403. The zero-order chi connectivity index (χ0) is 13.4. The van der Waals surface area contributed by atoms with E-state index in [1.807, 2.05) is 11.3 Å². The van der Waals surface area contributed by atoms with Gasteiger partial charge in [0.2, 0.25) is 0 Å². The van der Waals surface area contributed by atoms with Gasteiger partial charge < -0.3 is 10.1 Å².